The van der Waals surface area contributed by atoms with Gasteiger partial charge < -0.3 is 9.64 Å². The summed E-state index contributed by atoms with van der Waals surface area (Å²) in [5.41, 5.74) is 2.43. The summed E-state index contributed by atoms with van der Waals surface area (Å²) in [5, 5.41) is 9.11. The molecule has 5 heteroatoms. The van der Waals surface area contributed by atoms with E-state index < -0.39 is 0 Å². The third-order valence-corrected chi connectivity index (χ3v) is 3.95. The van der Waals surface area contributed by atoms with E-state index in [1.54, 1.807) is 13.2 Å². The largest absolute Gasteiger partial charge is 0.497 e. The van der Waals surface area contributed by atoms with Crippen LogP contribution in [-0.4, -0.2) is 23.6 Å². The van der Waals surface area contributed by atoms with E-state index >= 15 is 0 Å². The summed E-state index contributed by atoms with van der Waals surface area (Å²) in [6.07, 6.45) is 2.13. The first-order chi connectivity index (χ1) is 10.7. The third-order valence-electron chi connectivity index (χ3n) is 3.95. The summed E-state index contributed by atoms with van der Waals surface area (Å²) in [6, 6.07) is 12.2. The Hall–Kier alpha value is -2.61. The van der Waals surface area contributed by atoms with Crippen molar-refractivity contribution in [1.29, 1.82) is 5.26 Å². The van der Waals surface area contributed by atoms with Crippen LogP contribution in [0.4, 0.5) is 5.95 Å². The van der Waals surface area contributed by atoms with E-state index in [4.69, 9.17) is 10.00 Å². The maximum absolute atomic E-state index is 9.11. The van der Waals surface area contributed by atoms with Crippen LogP contribution in [0, 0.1) is 18.3 Å². The number of rotatable bonds is 3. The zero-order chi connectivity index (χ0) is 15.5. The Labute approximate surface area is 130 Å². The van der Waals surface area contributed by atoms with E-state index in [0.717, 1.165) is 30.8 Å². The lowest BCUT2D eigenvalue weighted by Crippen LogP contribution is -2.25. The minimum Gasteiger partial charge on any atom is -0.497 e. The van der Waals surface area contributed by atoms with Crippen LogP contribution in [-0.2, 0) is 0 Å². The number of nitriles is 1. The normalized spacial score (nSPS) is 17.3. The van der Waals surface area contributed by atoms with Crippen molar-refractivity contribution in [3.8, 4) is 11.8 Å². The molecular formula is C17H18N4O. The van der Waals surface area contributed by atoms with E-state index in [0.29, 0.717) is 11.6 Å². The summed E-state index contributed by atoms with van der Waals surface area (Å²) < 4.78 is 5.32. The van der Waals surface area contributed by atoms with Gasteiger partial charge >= 0.3 is 0 Å². The highest BCUT2D eigenvalue weighted by Gasteiger charge is 2.28. The van der Waals surface area contributed by atoms with E-state index in [1.807, 2.05) is 19.1 Å². The van der Waals surface area contributed by atoms with Crippen LogP contribution in [0.15, 0.2) is 30.3 Å². The average molecular weight is 294 g/mol. The van der Waals surface area contributed by atoms with Crippen LogP contribution in [0.5, 0.6) is 5.75 Å². The van der Waals surface area contributed by atoms with Crippen molar-refractivity contribution in [3.63, 3.8) is 0 Å². The first kappa shape index (κ1) is 14.3. The average Bonchev–Trinajstić information content (AvgIpc) is 3.04. The molecule has 0 saturated carbocycles. The molecule has 1 aliphatic rings. The van der Waals surface area contributed by atoms with Crippen LogP contribution >= 0.6 is 0 Å². The summed E-state index contributed by atoms with van der Waals surface area (Å²) in [5.74, 6) is 1.49. The fourth-order valence-electron chi connectivity index (χ4n) is 2.94. The van der Waals surface area contributed by atoms with Crippen molar-refractivity contribution in [2.45, 2.75) is 25.8 Å². The van der Waals surface area contributed by atoms with Gasteiger partial charge in [-0.05, 0) is 43.5 Å². The Morgan fingerprint density at radius 1 is 1.32 bits per heavy atom. The smallest absolute Gasteiger partial charge is 0.227 e. The number of methoxy groups -OCH3 is 1. The molecule has 0 bridgehead atoms. The highest BCUT2D eigenvalue weighted by Crippen LogP contribution is 2.35. The predicted molar refractivity (Wildman–Crippen MR) is 83.8 cm³/mol. The summed E-state index contributed by atoms with van der Waals surface area (Å²) in [4.78, 5) is 11.1. The van der Waals surface area contributed by atoms with E-state index in [2.05, 4.69) is 33.1 Å². The Balaban J connectivity index is 1.96. The number of hydrogen-bond donors (Lipinski definition) is 0. The minimum absolute atomic E-state index is 0.225. The number of hydrogen-bond acceptors (Lipinski definition) is 5. The maximum atomic E-state index is 9.11. The first-order valence-corrected chi connectivity index (χ1v) is 7.37. The van der Waals surface area contributed by atoms with Crippen LogP contribution in [0.1, 0.15) is 35.8 Å². The lowest BCUT2D eigenvalue weighted by atomic mass is 10.0. The number of nitrogens with zero attached hydrogens (tertiary/aromatic N) is 4. The van der Waals surface area contributed by atoms with Crippen molar-refractivity contribution in [2.24, 2.45) is 0 Å². The fourth-order valence-corrected chi connectivity index (χ4v) is 2.94. The molecule has 1 aromatic carbocycles. The Morgan fingerprint density at radius 2 is 2.18 bits per heavy atom. The molecule has 1 atom stereocenters. The molecule has 3 rings (SSSR count). The lowest BCUT2D eigenvalue weighted by molar-refractivity contribution is 0.414. The fraction of sp³-hybridized carbons (Fsp3) is 0.353. The van der Waals surface area contributed by atoms with Gasteiger partial charge in [0.2, 0.25) is 5.95 Å². The molecule has 112 valence electrons. The molecule has 1 fully saturated rings. The van der Waals surface area contributed by atoms with Gasteiger partial charge in [-0.2, -0.15) is 5.26 Å². The monoisotopic (exact) mass is 294 g/mol. The van der Waals surface area contributed by atoms with Crippen molar-refractivity contribution >= 4 is 5.95 Å². The SMILES string of the molecule is COc1cccc(C2CCCN2c2nc(C)cc(C#N)n2)c1. The number of aromatic nitrogens is 2. The van der Waals surface area contributed by atoms with Gasteiger partial charge in [-0.3, -0.25) is 0 Å². The molecule has 22 heavy (non-hydrogen) atoms. The molecule has 0 radical (unpaired) electrons. The number of benzene rings is 1. The number of aryl methyl sites for hydroxylation is 1. The Morgan fingerprint density at radius 3 is 2.95 bits per heavy atom. The Bertz CT molecular complexity index is 723. The van der Waals surface area contributed by atoms with Gasteiger partial charge in [0.25, 0.3) is 0 Å². The first-order valence-electron chi connectivity index (χ1n) is 7.37. The van der Waals surface area contributed by atoms with Gasteiger partial charge in [-0.15, -0.1) is 0 Å². The topological polar surface area (TPSA) is 62.0 Å². The van der Waals surface area contributed by atoms with Gasteiger partial charge in [0.1, 0.15) is 17.5 Å². The van der Waals surface area contributed by atoms with Crippen LogP contribution in [0.25, 0.3) is 0 Å². The Kier molecular flexibility index (Phi) is 3.92. The summed E-state index contributed by atoms with van der Waals surface area (Å²) in [7, 11) is 1.67. The molecule has 1 saturated heterocycles. The quantitative estimate of drug-likeness (QED) is 0.870. The molecule has 5 nitrogen and oxygen atoms in total. The summed E-state index contributed by atoms with van der Waals surface area (Å²) >= 11 is 0. The standard InChI is InChI=1S/C17H18N4O/c1-12-9-14(11-18)20-17(19-12)21-8-4-7-16(21)13-5-3-6-15(10-13)22-2/h3,5-6,9-10,16H,4,7-8H2,1-2H3. The second-order valence-electron chi connectivity index (χ2n) is 5.43. The van der Waals surface area contributed by atoms with Gasteiger partial charge in [0, 0.05) is 12.2 Å². The zero-order valence-corrected chi connectivity index (χ0v) is 12.8. The van der Waals surface area contributed by atoms with Crippen molar-refractivity contribution < 1.29 is 4.74 Å². The zero-order valence-electron chi connectivity index (χ0n) is 12.8. The molecule has 0 spiro atoms. The van der Waals surface area contributed by atoms with Gasteiger partial charge in [0.05, 0.1) is 13.2 Å². The molecule has 0 amide bonds. The third kappa shape index (κ3) is 2.73. The predicted octanol–water partition coefficient (Wildman–Crippen LogP) is 3.01. The lowest BCUT2D eigenvalue weighted by Gasteiger charge is -2.25. The molecule has 0 N–H and O–H groups in total. The van der Waals surface area contributed by atoms with Crippen LogP contribution < -0.4 is 9.64 Å². The van der Waals surface area contributed by atoms with Gasteiger partial charge in [0.15, 0.2) is 0 Å². The van der Waals surface area contributed by atoms with Crippen LogP contribution in [0.2, 0.25) is 0 Å². The molecule has 2 aromatic rings. The van der Waals surface area contributed by atoms with E-state index in [9.17, 15) is 0 Å². The minimum atomic E-state index is 0.225. The van der Waals surface area contributed by atoms with E-state index in [-0.39, 0.29) is 6.04 Å². The van der Waals surface area contributed by atoms with Crippen molar-refractivity contribution in [2.75, 3.05) is 18.6 Å². The van der Waals surface area contributed by atoms with E-state index in [1.165, 1.54) is 5.56 Å². The highest BCUT2D eigenvalue weighted by molar-refractivity contribution is 5.43. The van der Waals surface area contributed by atoms with Crippen LogP contribution in [0.3, 0.4) is 0 Å². The van der Waals surface area contributed by atoms with Crippen molar-refractivity contribution in [3.05, 3.63) is 47.3 Å². The maximum Gasteiger partial charge on any atom is 0.227 e. The molecule has 1 aromatic heterocycles. The number of anilines is 1. The number of ether oxygens (including phenoxy) is 1. The molecule has 1 aliphatic heterocycles. The second-order valence-corrected chi connectivity index (χ2v) is 5.43. The molecular weight excluding hydrogens is 276 g/mol. The molecule has 1 unspecified atom stereocenters. The molecule has 0 aliphatic carbocycles. The second kappa shape index (κ2) is 6.02. The van der Waals surface area contributed by atoms with Gasteiger partial charge in [-0.1, -0.05) is 12.1 Å². The molecule has 2 heterocycles. The highest BCUT2D eigenvalue weighted by atomic mass is 16.5. The summed E-state index contributed by atoms with van der Waals surface area (Å²) in [6.45, 7) is 2.79. The van der Waals surface area contributed by atoms with Crippen molar-refractivity contribution in [1.82, 2.24) is 9.97 Å². The van der Waals surface area contributed by atoms with Gasteiger partial charge in [-0.25, -0.2) is 9.97 Å².